The van der Waals surface area contributed by atoms with Crippen LogP contribution < -0.4 is 5.32 Å². The molecule has 1 aromatic carbocycles. The quantitative estimate of drug-likeness (QED) is 0.883. The zero-order valence-electron chi connectivity index (χ0n) is 9.84. The molecule has 0 atom stereocenters. The van der Waals surface area contributed by atoms with Gasteiger partial charge >= 0.3 is 0 Å². The number of carbonyl (C=O) groups is 1. The van der Waals surface area contributed by atoms with Gasteiger partial charge in [-0.3, -0.25) is 9.89 Å². The van der Waals surface area contributed by atoms with Gasteiger partial charge in [0, 0.05) is 15.7 Å². The summed E-state index contributed by atoms with van der Waals surface area (Å²) in [6.07, 6.45) is 0. The van der Waals surface area contributed by atoms with Crippen LogP contribution >= 0.6 is 27.5 Å². The number of aromatic nitrogens is 2. The van der Waals surface area contributed by atoms with Gasteiger partial charge in [-0.1, -0.05) is 27.5 Å². The van der Waals surface area contributed by atoms with Crippen molar-refractivity contribution < 1.29 is 4.79 Å². The molecule has 0 aliphatic carbocycles. The fraction of sp³-hybridized carbons (Fsp3) is 0.167. The van der Waals surface area contributed by atoms with Gasteiger partial charge in [0.25, 0.3) is 5.91 Å². The molecule has 2 rings (SSSR count). The highest BCUT2D eigenvalue weighted by atomic mass is 79.9. The number of anilines is 1. The molecule has 94 valence electrons. The molecule has 1 heterocycles. The number of benzene rings is 1. The lowest BCUT2D eigenvalue weighted by molar-refractivity contribution is 0.102. The van der Waals surface area contributed by atoms with Crippen molar-refractivity contribution in [3.05, 3.63) is 44.5 Å². The number of aryl methyl sites for hydroxylation is 1. The maximum Gasteiger partial charge on any atom is 0.258 e. The van der Waals surface area contributed by atoms with Crippen LogP contribution in [0.4, 0.5) is 5.82 Å². The minimum absolute atomic E-state index is 0.276. The Labute approximate surface area is 118 Å². The van der Waals surface area contributed by atoms with Crippen LogP contribution in [0.15, 0.2) is 22.7 Å². The second-order valence-corrected chi connectivity index (χ2v) is 5.22. The first-order valence-corrected chi connectivity index (χ1v) is 6.44. The molecule has 0 aliphatic heterocycles. The molecule has 0 fully saturated rings. The van der Waals surface area contributed by atoms with Gasteiger partial charge in [-0.2, -0.15) is 5.10 Å². The number of hydrogen-bond donors (Lipinski definition) is 2. The van der Waals surface area contributed by atoms with Crippen LogP contribution in [0.1, 0.15) is 21.6 Å². The summed E-state index contributed by atoms with van der Waals surface area (Å²) in [7, 11) is 0. The second kappa shape index (κ2) is 5.12. The maximum absolute atomic E-state index is 12.0. The van der Waals surface area contributed by atoms with Gasteiger partial charge in [-0.25, -0.2) is 0 Å². The van der Waals surface area contributed by atoms with E-state index in [-0.39, 0.29) is 5.91 Å². The first-order chi connectivity index (χ1) is 8.49. The monoisotopic (exact) mass is 327 g/mol. The van der Waals surface area contributed by atoms with Gasteiger partial charge in [0.2, 0.25) is 0 Å². The molecule has 6 heteroatoms. The highest BCUT2D eigenvalue weighted by molar-refractivity contribution is 9.10. The molecule has 0 bridgehead atoms. The van der Waals surface area contributed by atoms with E-state index in [1.54, 1.807) is 18.2 Å². The number of aromatic amines is 1. The Morgan fingerprint density at radius 3 is 2.72 bits per heavy atom. The van der Waals surface area contributed by atoms with Gasteiger partial charge < -0.3 is 5.32 Å². The van der Waals surface area contributed by atoms with Crippen LogP contribution in [0.2, 0.25) is 5.02 Å². The van der Waals surface area contributed by atoms with Crippen molar-refractivity contribution in [1.29, 1.82) is 0 Å². The van der Waals surface area contributed by atoms with Crippen molar-refractivity contribution in [2.75, 3.05) is 5.32 Å². The Bertz CT molecular complexity index is 609. The van der Waals surface area contributed by atoms with Crippen molar-refractivity contribution in [2.45, 2.75) is 13.8 Å². The predicted octanol–water partition coefficient (Wildman–Crippen LogP) is 3.69. The number of halogens is 2. The van der Waals surface area contributed by atoms with Crippen molar-refractivity contribution >= 4 is 39.3 Å². The fourth-order valence-corrected chi connectivity index (χ4v) is 2.21. The van der Waals surface area contributed by atoms with Crippen molar-refractivity contribution in [3.8, 4) is 0 Å². The lowest BCUT2D eigenvalue weighted by Crippen LogP contribution is -2.13. The van der Waals surface area contributed by atoms with E-state index in [1.165, 1.54) is 0 Å². The molecular formula is C12H11BrClN3O. The van der Waals surface area contributed by atoms with Crippen molar-refractivity contribution in [3.63, 3.8) is 0 Å². The molecule has 4 nitrogen and oxygen atoms in total. The second-order valence-electron chi connectivity index (χ2n) is 3.90. The number of nitrogens with one attached hydrogen (secondary N) is 2. The summed E-state index contributed by atoms with van der Waals surface area (Å²) in [5.74, 6) is 0.249. The summed E-state index contributed by atoms with van der Waals surface area (Å²) in [6, 6.07) is 5.11. The van der Waals surface area contributed by atoms with Gasteiger partial charge in [-0.15, -0.1) is 0 Å². The Hall–Kier alpha value is -1.33. The molecule has 0 saturated heterocycles. The van der Waals surface area contributed by atoms with Crippen LogP contribution in [-0.4, -0.2) is 16.1 Å². The number of amides is 1. The summed E-state index contributed by atoms with van der Waals surface area (Å²) in [5, 5.41) is 9.95. The number of rotatable bonds is 2. The zero-order valence-corrected chi connectivity index (χ0v) is 12.2. The molecule has 1 aromatic heterocycles. The van der Waals surface area contributed by atoms with Gasteiger partial charge in [-0.05, 0) is 32.0 Å². The number of carbonyl (C=O) groups excluding carboxylic acids is 1. The average Bonchev–Trinajstić information content (AvgIpc) is 2.61. The van der Waals surface area contributed by atoms with Crippen LogP contribution in [0, 0.1) is 13.8 Å². The third-order valence-corrected chi connectivity index (χ3v) is 3.47. The average molecular weight is 329 g/mol. The first-order valence-electron chi connectivity index (χ1n) is 5.27. The number of hydrogen-bond acceptors (Lipinski definition) is 2. The highest BCUT2D eigenvalue weighted by Gasteiger charge is 2.14. The molecular weight excluding hydrogens is 318 g/mol. The lowest BCUT2D eigenvalue weighted by Gasteiger charge is -2.05. The van der Waals surface area contributed by atoms with Crippen LogP contribution in [0.5, 0.6) is 0 Å². The summed E-state index contributed by atoms with van der Waals surface area (Å²) in [5.41, 5.74) is 2.25. The largest absolute Gasteiger partial charge is 0.305 e. The minimum atomic E-state index is -0.276. The van der Waals surface area contributed by atoms with Gasteiger partial charge in [0.15, 0.2) is 5.82 Å². The molecule has 1 amide bonds. The molecule has 0 aliphatic rings. The van der Waals surface area contributed by atoms with E-state index in [9.17, 15) is 4.79 Å². The summed E-state index contributed by atoms with van der Waals surface area (Å²) in [6.45, 7) is 3.78. The van der Waals surface area contributed by atoms with E-state index in [0.29, 0.717) is 16.4 Å². The summed E-state index contributed by atoms with van der Waals surface area (Å²) < 4.78 is 0.829. The van der Waals surface area contributed by atoms with E-state index >= 15 is 0 Å². The first kappa shape index (κ1) is 13.1. The van der Waals surface area contributed by atoms with Crippen LogP contribution in [0.25, 0.3) is 0 Å². The lowest BCUT2D eigenvalue weighted by atomic mass is 10.2. The Balaban J connectivity index is 2.25. The SMILES string of the molecule is Cc1[nH]nc(NC(=O)c2ccc(Br)cc2Cl)c1C. The Morgan fingerprint density at radius 2 is 2.17 bits per heavy atom. The molecule has 2 aromatic rings. The van der Waals surface area contributed by atoms with E-state index in [0.717, 1.165) is 15.7 Å². The standard InChI is InChI=1S/C12H11BrClN3O/c1-6-7(2)16-17-11(6)15-12(18)9-4-3-8(13)5-10(9)14/h3-5H,1-2H3,(H2,15,16,17,18). The van der Waals surface area contributed by atoms with Crippen LogP contribution in [0.3, 0.4) is 0 Å². The third kappa shape index (κ3) is 2.57. The maximum atomic E-state index is 12.0. The molecule has 0 spiro atoms. The normalized spacial score (nSPS) is 10.4. The number of H-pyrrole nitrogens is 1. The van der Waals surface area contributed by atoms with E-state index in [1.807, 2.05) is 13.8 Å². The van der Waals surface area contributed by atoms with Crippen LogP contribution in [-0.2, 0) is 0 Å². The predicted molar refractivity (Wildman–Crippen MR) is 75.2 cm³/mol. The zero-order chi connectivity index (χ0) is 13.3. The molecule has 2 N–H and O–H groups in total. The number of nitrogens with zero attached hydrogens (tertiary/aromatic N) is 1. The molecule has 0 saturated carbocycles. The molecule has 0 unspecified atom stereocenters. The van der Waals surface area contributed by atoms with E-state index in [4.69, 9.17) is 11.6 Å². The summed E-state index contributed by atoms with van der Waals surface area (Å²) in [4.78, 5) is 12.0. The van der Waals surface area contributed by atoms with E-state index in [2.05, 4.69) is 31.4 Å². The van der Waals surface area contributed by atoms with Crippen molar-refractivity contribution in [1.82, 2.24) is 10.2 Å². The fourth-order valence-electron chi connectivity index (χ4n) is 1.46. The summed E-state index contributed by atoms with van der Waals surface area (Å²) >= 11 is 9.31. The minimum Gasteiger partial charge on any atom is -0.305 e. The Kier molecular flexibility index (Phi) is 3.73. The van der Waals surface area contributed by atoms with Gasteiger partial charge in [0.05, 0.1) is 10.6 Å². The smallest absolute Gasteiger partial charge is 0.258 e. The highest BCUT2D eigenvalue weighted by Crippen LogP contribution is 2.23. The Morgan fingerprint density at radius 1 is 1.44 bits per heavy atom. The van der Waals surface area contributed by atoms with Gasteiger partial charge in [0.1, 0.15) is 0 Å². The van der Waals surface area contributed by atoms with Crippen molar-refractivity contribution in [2.24, 2.45) is 0 Å². The molecule has 0 radical (unpaired) electrons. The third-order valence-electron chi connectivity index (χ3n) is 2.66. The van der Waals surface area contributed by atoms with E-state index < -0.39 is 0 Å². The topological polar surface area (TPSA) is 57.8 Å². The molecule has 18 heavy (non-hydrogen) atoms.